The average molecular weight is 232 g/mol. The van der Waals surface area contributed by atoms with Crippen molar-refractivity contribution in [3.8, 4) is 0 Å². The van der Waals surface area contributed by atoms with Gasteiger partial charge in [-0.1, -0.05) is 6.42 Å². The Morgan fingerprint density at radius 3 is 2.88 bits per heavy atom. The molecule has 94 valence electrons. The fourth-order valence-corrected chi connectivity index (χ4v) is 4.02. The van der Waals surface area contributed by atoms with Gasteiger partial charge in [-0.25, -0.2) is 0 Å². The second-order valence-corrected chi connectivity index (χ2v) is 6.04. The van der Waals surface area contributed by atoms with E-state index >= 15 is 0 Å². The Morgan fingerprint density at radius 2 is 2.24 bits per heavy atom. The number of rotatable bonds is 4. The van der Waals surface area contributed by atoms with Crippen LogP contribution < -0.4 is 5.32 Å². The summed E-state index contributed by atoms with van der Waals surface area (Å²) in [6, 6.07) is 2.28. The van der Waals surface area contributed by atoms with E-state index in [1.165, 1.54) is 43.5 Å². The van der Waals surface area contributed by atoms with Gasteiger partial charge in [0.25, 0.3) is 0 Å². The number of hydrogen-bond acceptors (Lipinski definition) is 1. The molecule has 0 aromatic carbocycles. The van der Waals surface area contributed by atoms with Gasteiger partial charge in [-0.3, -0.25) is 0 Å². The molecule has 0 aliphatic heterocycles. The van der Waals surface area contributed by atoms with Crippen LogP contribution in [0.2, 0.25) is 0 Å². The van der Waals surface area contributed by atoms with Crippen molar-refractivity contribution in [2.45, 2.75) is 45.7 Å². The number of hydrogen-bond donors (Lipinski definition) is 1. The van der Waals surface area contributed by atoms with Crippen LogP contribution in [-0.2, 0) is 13.1 Å². The third-order valence-corrected chi connectivity index (χ3v) is 5.03. The summed E-state index contributed by atoms with van der Waals surface area (Å²) in [5, 5.41) is 3.25. The van der Waals surface area contributed by atoms with Gasteiger partial charge in [0.2, 0.25) is 0 Å². The van der Waals surface area contributed by atoms with Crippen molar-refractivity contribution in [1.82, 2.24) is 9.88 Å². The second kappa shape index (κ2) is 4.49. The molecule has 17 heavy (non-hydrogen) atoms. The average Bonchev–Trinajstić information content (AvgIpc) is 3.00. The lowest BCUT2D eigenvalue weighted by molar-refractivity contribution is 0.294. The quantitative estimate of drug-likeness (QED) is 0.844. The Bertz CT molecular complexity index is 394. The maximum Gasteiger partial charge on any atom is 0.0253 e. The first-order chi connectivity index (χ1) is 8.28. The summed E-state index contributed by atoms with van der Waals surface area (Å²) in [7, 11) is 2.02. The lowest BCUT2D eigenvalue weighted by Crippen LogP contribution is -2.18. The normalized spacial score (nSPS) is 31.3. The van der Waals surface area contributed by atoms with E-state index in [9.17, 15) is 0 Å². The highest BCUT2D eigenvalue weighted by atomic mass is 15.0. The topological polar surface area (TPSA) is 17.0 Å². The van der Waals surface area contributed by atoms with Gasteiger partial charge in [-0.15, -0.1) is 0 Å². The summed E-state index contributed by atoms with van der Waals surface area (Å²) in [6.07, 6.45) is 8.31. The van der Waals surface area contributed by atoms with E-state index in [4.69, 9.17) is 0 Å². The number of aromatic nitrogens is 1. The van der Waals surface area contributed by atoms with Crippen molar-refractivity contribution >= 4 is 0 Å². The van der Waals surface area contributed by atoms with E-state index in [-0.39, 0.29) is 0 Å². The first-order valence-corrected chi connectivity index (χ1v) is 7.07. The molecule has 3 atom stereocenters. The highest BCUT2D eigenvalue weighted by Crippen LogP contribution is 2.48. The first-order valence-electron chi connectivity index (χ1n) is 7.07. The molecule has 1 aromatic rings. The van der Waals surface area contributed by atoms with E-state index in [0.717, 1.165) is 24.3 Å². The molecule has 3 unspecified atom stereocenters. The van der Waals surface area contributed by atoms with Crippen LogP contribution in [0.15, 0.2) is 12.3 Å². The predicted molar refractivity (Wildman–Crippen MR) is 70.9 cm³/mol. The Balaban J connectivity index is 1.69. The van der Waals surface area contributed by atoms with Crippen molar-refractivity contribution in [2.24, 2.45) is 17.8 Å². The molecule has 2 nitrogen and oxygen atoms in total. The van der Waals surface area contributed by atoms with E-state index in [2.05, 4.69) is 29.1 Å². The Hall–Kier alpha value is -0.760. The second-order valence-electron chi connectivity index (χ2n) is 6.04. The molecule has 3 rings (SSSR count). The van der Waals surface area contributed by atoms with Crippen molar-refractivity contribution < 1.29 is 0 Å². The number of fused-ring (bicyclic) bond motifs is 2. The summed E-state index contributed by atoms with van der Waals surface area (Å²) >= 11 is 0. The predicted octanol–water partition coefficient (Wildman–Crippen LogP) is 2.95. The fraction of sp³-hybridized carbons (Fsp3) is 0.733. The lowest BCUT2D eigenvalue weighted by Gasteiger charge is -2.23. The van der Waals surface area contributed by atoms with Crippen molar-refractivity contribution in [1.29, 1.82) is 0 Å². The zero-order valence-corrected chi connectivity index (χ0v) is 11.1. The molecule has 1 aromatic heterocycles. The zero-order valence-electron chi connectivity index (χ0n) is 11.1. The van der Waals surface area contributed by atoms with Crippen LogP contribution in [-0.4, -0.2) is 11.6 Å². The van der Waals surface area contributed by atoms with E-state index in [1.807, 2.05) is 7.05 Å². The molecule has 2 aliphatic carbocycles. The molecule has 0 saturated heterocycles. The summed E-state index contributed by atoms with van der Waals surface area (Å²) in [6.45, 7) is 4.52. The summed E-state index contributed by atoms with van der Waals surface area (Å²) < 4.78 is 2.48. The van der Waals surface area contributed by atoms with Crippen LogP contribution in [0.3, 0.4) is 0 Å². The van der Waals surface area contributed by atoms with Crippen LogP contribution in [0.1, 0.15) is 36.9 Å². The molecule has 2 saturated carbocycles. The van der Waals surface area contributed by atoms with E-state index in [1.54, 1.807) is 0 Å². The van der Waals surface area contributed by atoms with Gasteiger partial charge in [0, 0.05) is 25.0 Å². The van der Waals surface area contributed by atoms with Gasteiger partial charge in [-0.05, 0) is 62.6 Å². The zero-order chi connectivity index (χ0) is 11.8. The van der Waals surface area contributed by atoms with E-state index < -0.39 is 0 Å². The van der Waals surface area contributed by atoms with Gasteiger partial charge in [0.1, 0.15) is 0 Å². The van der Waals surface area contributed by atoms with Crippen LogP contribution in [0.5, 0.6) is 0 Å². The monoisotopic (exact) mass is 232 g/mol. The smallest absolute Gasteiger partial charge is 0.0253 e. The van der Waals surface area contributed by atoms with Crippen LogP contribution >= 0.6 is 0 Å². The maximum absolute atomic E-state index is 3.25. The van der Waals surface area contributed by atoms with Crippen molar-refractivity contribution in [3.63, 3.8) is 0 Å². The molecule has 1 heterocycles. The number of nitrogens with zero attached hydrogens (tertiary/aromatic N) is 1. The van der Waals surface area contributed by atoms with Crippen molar-refractivity contribution in [3.05, 3.63) is 23.5 Å². The molecule has 2 bridgehead atoms. The third kappa shape index (κ3) is 2.03. The molecule has 2 fully saturated rings. The first kappa shape index (κ1) is 11.3. The summed E-state index contributed by atoms with van der Waals surface area (Å²) in [4.78, 5) is 0. The molecular formula is C15H24N2. The molecule has 2 aliphatic rings. The van der Waals surface area contributed by atoms with Crippen LogP contribution in [0.25, 0.3) is 0 Å². The molecule has 1 N–H and O–H groups in total. The molecule has 0 spiro atoms. The SMILES string of the molecule is CNCc1ccn(CC2CC3CCC2C3)c1C. The Labute approximate surface area is 104 Å². The van der Waals surface area contributed by atoms with Crippen LogP contribution in [0.4, 0.5) is 0 Å². The molecule has 2 heteroatoms. The Kier molecular flexibility index (Phi) is 2.99. The minimum absolute atomic E-state index is 0.960. The highest BCUT2D eigenvalue weighted by Gasteiger charge is 2.39. The molecule has 0 amide bonds. The summed E-state index contributed by atoms with van der Waals surface area (Å²) in [5.74, 6) is 3.06. The van der Waals surface area contributed by atoms with Gasteiger partial charge < -0.3 is 9.88 Å². The minimum Gasteiger partial charge on any atom is -0.351 e. The van der Waals surface area contributed by atoms with Gasteiger partial charge >= 0.3 is 0 Å². The largest absolute Gasteiger partial charge is 0.351 e. The molecular weight excluding hydrogens is 208 g/mol. The fourth-order valence-electron chi connectivity index (χ4n) is 4.02. The summed E-state index contributed by atoms with van der Waals surface area (Å²) in [5.41, 5.74) is 2.91. The Morgan fingerprint density at radius 1 is 1.35 bits per heavy atom. The van der Waals surface area contributed by atoms with Crippen molar-refractivity contribution in [2.75, 3.05) is 7.05 Å². The standard InChI is InChI=1S/C15H24N2/c1-11-14(9-16-2)5-6-17(11)10-15-8-12-3-4-13(15)7-12/h5-6,12-13,15-16H,3-4,7-10H2,1-2H3. The number of nitrogens with one attached hydrogen (secondary N) is 1. The van der Waals surface area contributed by atoms with Gasteiger partial charge in [0.15, 0.2) is 0 Å². The molecule has 0 radical (unpaired) electrons. The third-order valence-electron chi connectivity index (χ3n) is 5.03. The minimum atomic E-state index is 0.960. The van der Waals surface area contributed by atoms with Crippen LogP contribution in [0, 0.1) is 24.7 Å². The highest BCUT2D eigenvalue weighted by molar-refractivity contribution is 5.21. The van der Waals surface area contributed by atoms with Gasteiger partial charge in [0.05, 0.1) is 0 Å². The van der Waals surface area contributed by atoms with Gasteiger partial charge in [-0.2, -0.15) is 0 Å². The van der Waals surface area contributed by atoms with E-state index in [0.29, 0.717) is 0 Å². The lowest BCUT2D eigenvalue weighted by atomic mass is 9.89. The maximum atomic E-state index is 3.25.